The van der Waals surface area contributed by atoms with Crippen molar-refractivity contribution in [3.8, 4) is 11.3 Å². The molecule has 1 aliphatic heterocycles. The number of nitrogens with zero attached hydrogens (tertiary/aromatic N) is 3. The van der Waals surface area contributed by atoms with E-state index in [0.29, 0.717) is 22.1 Å². The van der Waals surface area contributed by atoms with Gasteiger partial charge >= 0.3 is 0 Å². The summed E-state index contributed by atoms with van der Waals surface area (Å²) in [5, 5.41) is 8.41. The zero-order valence-corrected chi connectivity index (χ0v) is 22.7. The summed E-state index contributed by atoms with van der Waals surface area (Å²) in [5.41, 5.74) is 4.14. The van der Waals surface area contributed by atoms with Crippen LogP contribution in [0, 0.1) is 0 Å². The van der Waals surface area contributed by atoms with Crippen molar-refractivity contribution >= 4 is 43.6 Å². The quantitative estimate of drug-likeness (QED) is 0.296. The number of rotatable bonds is 8. The van der Waals surface area contributed by atoms with E-state index in [4.69, 9.17) is 0 Å². The maximum absolute atomic E-state index is 13.0. The number of hydrogen-bond donors (Lipinski definition) is 2. The molecule has 1 amide bonds. The lowest BCUT2D eigenvalue weighted by Crippen LogP contribution is -2.29. The second-order valence-corrected chi connectivity index (χ2v) is 12.2. The van der Waals surface area contributed by atoms with Gasteiger partial charge in [-0.2, -0.15) is 0 Å². The van der Waals surface area contributed by atoms with Gasteiger partial charge in [-0.25, -0.2) is 13.4 Å². The Balaban J connectivity index is 1.31. The van der Waals surface area contributed by atoms with Crippen molar-refractivity contribution in [1.29, 1.82) is 0 Å². The SMILES string of the molecule is CS(=O)(=O)c1ccc(NC(=O)c2ccc(CN3CCCCC3)cc2)cc1Nc1nc(-c2cccnc2)cs1. The standard InChI is InChI=1S/C28H29N5O3S2/c1-38(35,36)26-12-11-23(16-24(26)31-28-32-25(19-37-28)22-6-5-13-29-17-22)30-27(34)21-9-7-20(8-10-21)18-33-14-3-2-4-15-33/h5-13,16-17,19H,2-4,14-15,18H2,1H3,(H,30,34)(H,31,32). The largest absolute Gasteiger partial charge is 0.330 e. The number of carbonyl (C=O) groups excluding carboxylic acids is 1. The normalized spacial score (nSPS) is 14.2. The van der Waals surface area contributed by atoms with Gasteiger partial charge in [-0.3, -0.25) is 14.7 Å². The molecule has 196 valence electrons. The predicted octanol–water partition coefficient (Wildman–Crippen LogP) is 5.59. The second kappa shape index (κ2) is 11.4. The van der Waals surface area contributed by atoms with Crippen LogP contribution < -0.4 is 10.6 Å². The molecule has 0 unspecified atom stereocenters. The highest BCUT2D eigenvalue weighted by Crippen LogP contribution is 2.32. The van der Waals surface area contributed by atoms with E-state index in [1.807, 2.05) is 41.8 Å². The van der Waals surface area contributed by atoms with Crippen molar-refractivity contribution in [3.63, 3.8) is 0 Å². The summed E-state index contributed by atoms with van der Waals surface area (Å²) in [7, 11) is -3.53. The monoisotopic (exact) mass is 547 g/mol. The van der Waals surface area contributed by atoms with Crippen molar-refractivity contribution in [1.82, 2.24) is 14.9 Å². The minimum absolute atomic E-state index is 0.121. The molecule has 2 N–H and O–H groups in total. The highest BCUT2D eigenvalue weighted by Gasteiger charge is 2.17. The molecule has 1 saturated heterocycles. The average Bonchev–Trinajstić information content (AvgIpc) is 3.38. The fraction of sp³-hybridized carbons (Fsp3) is 0.250. The number of sulfone groups is 1. The molecule has 5 rings (SSSR count). The summed E-state index contributed by atoms with van der Waals surface area (Å²) < 4.78 is 24.9. The van der Waals surface area contributed by atoms with Crippen LogP contribution >= 0.6 is 11.3 Å². The Bertz CT molecular complexity index is 1510. The van der Waals surface area contributed by atoms with Crippen molar-refractivity contribution in [2.75, 3.05) is 30.0 Å². The minimum Gasteiger partial charge on any atom is -0.330 e. The van der Waals surface area contributed by atoms with Gasteiger partial charge in [0.05, 0.1) is 16.3 Å². The molecular weight excluding hydrogens is 518 g/mol. The highest BCUT2D eigenvalue weighted by atomic mass is 32.2. The van der Waals surface area contributed by atoms with Gasteiger partial charge in [-0.05, 0) is 74.0 Å². The topological polar surface area (TPSA) is 104 Å². The zero-order valence-electron chi connectivity index (χ0n) is 21.1. The summed E-state index contributed by atoms with van der Waals surface area (Å²) in [6.07, 6.45) is 8.34. The first-order valence-electron chi connectivity index (χ1n) is 12.4. The van der Waals surface area contributed by atoms with Gasteiger partial charge in [0.15, 0.2) is 15.0 Å². The molecule has 1 fully saturated rings. The molecule has 0 atom stereocenters. The second-order valence-electron chi connectivity index (χ2n) is 9.38. The summed E-state index contributed by atoms with van der Waals surface area (Å²) in [4.78, 5) is 24.2. The van der Waals surface area contributed by atoms with Crippen molar-refractivity contribution < 1.29 is 13.2 Å². The van der Waals surface area contributed by atoms with E-state index in [9.17, 15) is 13.2 Å². The van der Waals surface area contributed by atoms with Crippen LogP contribution in [0.4, 0.5) is 16.5 Å². The molecule has 0 saturated carbocycles. The number of aromatic nitrogens is 2. The summed E-state index contributed by atoms with van der Waals surface area (Å²) in [6.45, 7) is 3.13. The van der Waals surface area contributed by atoms with E-state index in [-0.39, 0.29) is 10.8 Å². The van der Waals surface area contributed by atoms with Gasteiger partial charge in [0.1, 0.15) is 0 Å². The van der Waals surface area contributed by atoms with Crippen LogP contribution in [0.5, 0.6) is 0 Å². The van der Waals surface area contributed by atoms with Crippen LogP contribution in [0.2, 0.25) is 0 Å². The lowest BCUT2D eigenvalue weighted by atomic mass is 10.1. The number of thiazole rings is 1. The Morgan fingerprint density at radius 1 is 1.05 bits per heavy atom. The molecule has 0 aliphatic carbocycles. The molecule has 2 aromatic carbocycles. The number of piperidine rings is 1. The van der Waals surface area contributed by atoms with Crippen LogP contribution in [-0.4, -0.2) is 48.5 Å². The van der Waals surface area contributed by atoms with E-state index >= 15 is 0 Å². The summed E-state index contributed by atoms with van der Waals surface area (Å²) in [6, 6.07) is 16.1. The highest BCUT2D eigenvalue weighted by molar-refractivity contribution is 7.90. The molecule has 38 heavy (non-hydrogen) atoms. The predicted molar refractivity (Wildman–Crippen MR) is 152 cm³/mol. The van der Waals surface area contributed by atoms with Gasteiger partial charge in [-0.1, -0.05) is 18.6 Å². The Morgan fingerprint density at radius 2 is 1.84 bits per heavy atom. The third-order valence-electron chi connectivity index (χ3n) is 6.41. The van der Waals surface area contributed by atoms with Crippen molar-refractivity contribution in [2.45, 2.75) is 30.7 Å². The zero-order chi connectivity index (χ0) is 26.5. The number of nitrogens with one attached hydrogen (secondary N) is 2. The molecule has 1 aliphatic rings. The summed E-state index contributed by atoms with van der Waals surface area (Å²) >= 11 is 1.35. The molecule has 0 radical (unpaired) electrons. The van der Waals surface area contributed by atoms with Gasteiger partial charge < -0.3 is 10.6 Å². The van der Waals surface area contributed by atoms with Gasteiger partial charge in [0, 0.05) is 47.4 Å². The maximum Gasteiger partial charge on any atom is 0.255 e. The number of benzene rings is 2. The number of likely N-dealkylation sites (tertiary alicyclic amines) is 1. The first-order chi connectivity index (χ1) is 18.3. The number of anilines is 3. The van der Waals surface area contributed by atoms with E-state index in [1.54, 1.807) is 24.5 Å². The smallest absolute Gasteiger partial charge is 0.255 e. The Morgan fingerprint density at radius 3 is 2.55 bits per heavy atom. The number of carbonyl (C=O) groups is 1. The maximum atomic E-state index is 13.0. The first-order valence-corrected chi connectivity index (χ1v) is 15.2. The molecule has 0 bridgehead atoms. The Kier molecular flexibility index (Phi) is 7.82. The average molecular weight is 548 g/mol. The van der Waals surface area contributed by atoms with E-state index in [2.05, 4.69) is 25.5 Å². The fourth-order valence-electron chi connectivity index (χ4n) is 4.46. The van der Waals surface area contributed by atoms with Crippen LogP contribution in [0.1, 0.15) is 35.2 Å². The Hall–Kier alpha value is -3.60. The summed E-state index contributed by atoms with van der Waals surface area (Å²) in [5.74, 6) is -0.263. The lowest BCUT2D eigenvalue weighted by molar-refractivity contribution is 0.102. The van der Waals surface area contributed by atoms with Crippen molar-refractivity contribution in [2.24, 2.45) is 0 Å². The minimum atomic E-state index is -3.53. The molecule has 4 aromatic rings. The molecule has 0 spiro atoms. The number of hydrogen-bond acceptors (Lipinski definition) is 8. The van der Waals surface area contributed by atoms with E-state index in [0.717, 1.165) is 37.1 Å². The lowest BCUT2D eigenvalue weighted by Gasteiger charge is -2.26. The molecular formula is C28H29N5O3S2. The van der Waals surface area contributed by atoms with Gasteiger partial charge in [0.2, 0.25) is 0 Å². The molecule has 8 nitrogen and oxygen atoms in total. The van der Waals surface area contributed by atoms with E-state index in [1.165, 1.54) is 42.2 Å². The van der Waals surface area contributed by atoms with Crippen molar-refractivity contribution in [3.05, 3.63) is 83.5 Å². The van der Waals surface area contributed by atoms with Gasteiger partial charge in [0.25, 0.3) is 5.91 Å². The third kappa shape index (κ3) is 6.45. The number of amides is 1. The molecule has 2 aromatic heterocycles. The first kappa shape index (κ1) is 26.0. The van der Waals surface area contributed by atoms with Crippen LogP contribution in [0.15, 0.2) is 77.3 Å². The van der Waals surface area contributed by atoms with E-state index < -0.39 is 9.84 Å². The Labute approximate surface area is 226 Å². The number of pyridine rings is 1. The van der Waals surface area contributed by atoms with Crippen LogP contribution in [0.3, 0.4) is 0 Å². The third-order valence-corrected chi connectivity index (χ3v) is 8.32. The van der Waals surface area contributed by atoms with Crippen LogP contribution in [-0.2, 0) is 16.4 Å². The van der Waals surface area contributed by atoms with Crippen LogP contribution in [0.25, 0.3) is 11.3 Å². The molecule has 10 heteroatoms. The molecule has 3 heterocycles. The van der Waals surface area contributed by atoms with Gasteiger partial charge in [-0.15, -0.1) is 11.3 Å². The fourth-order valence-corrected chi connectivity index (χ4v) is 6.02.